The topological polar surface area (TPSA) is 90.8 Å². The van der Waals surface area contributed by atoms with Gasteiger partial charge in [-0.25, -0.2) is 0 Å². The molecule has 0 fully saturated rings. The number of allylic oxidation sites excluding steroid dienone is 6. The Hall–Kier alpha value is -4.06. The van der Waals surface area contributed by atoms with Gasteiger partial charge in [0.25, 0.3) is 0 Å². The van der Waals surface area contributed by atoms with Crippen molar-refractivity contribution in [2.24, 2.45) is 0 Å². The van der Waals surface area contributed by atoms with E-state index in [1.54, 1.807) is 9.13 Å². The molecule has 4 unspecified atom stereocenters. The van der Waals surface area contributed by atoms with E-state index >= 15 is 0 Å². The molecule has 4 bridgehead atoms. The molecule has 4 aliphatic rings. The van der Waals surface area contributed by atoms with Crippen molar-refractivity contribution in [1.82, 2.24) is 9.13 Å². The van der Waals surface area contributed by atoms with Crippen molar-refractivity contribution >= 4 is 0 Å². The highest BCUT2D eigenvalue weighted by Gasteiger charge is 2.45. The van der Waals surface area contributed by atoms with Crippen molar-refractivity contribution in [3.8, 4) is 23.5 Å². The zero-order valence-corrected chi connectivity index (χ0v) is 21.3. The molecule has 0 radical (unpaired) electrons. The van der Waals surface area contributed by atoms with E-state index in [-0.39, 0.29) is 47.2 Å². The molecular weight excluding hydrogens is 476 g/mol. The van der Waals surface area contributed by atoms with E-state index in [0.29, 0.717) is 13.1 Å². The molecule has 2 heterocycles. The maximum Gasteiger partial charge on any atom is 0.198 e. The third-order valence-corrected chi connectivity index (χ3v) is 9.14. The van der Waals surface area contributed by atoms with Gasteiger partial charge in [0.05, 0.1) is 13.1 Å². The first-order valence-corrected chi connectivity index (χ1v) is 13.4. The molecule has 0 aliphatic heterocycles. The van der Waals surface area contributed by atoms with Gasteiger partial charge in [-0.1, -0.05) is 59.7 Å². The van der Waals surface area contributed by atoms with Crippen LogP contribution in [0.4, 0.5) is 0 Å². The number of rotatable bonds is 8. The van der Waals surface area contributed by atoms with Gasteiger partial charge >= 0.3 is 0 Å². The lowest BCUT2D eigenvalue weighted by Gasteiger charge is -2.14. The van der Waals surface area contributed by atoms with Crippen LogP contribution in [0.25, 0.3) is 0 Å². The van der Waals surface area contributed by atoms with Crippen LogP contribution in [-0.2, 0) is 13.1 Å². The molecule has 2 aromatic heterocycles. The van der Waals surface area contributed by atoms with Crippen LogP contribution in [0.15, 0.2) is 72.9 Å². The smallest absolute Gasteiger partial charge is 0.198 e. The summed E-state index contributed by atoms with van der Waals surface area (Å²) in [5.74, 6) is 1.12. The first kappa shape index (κ1) is 23.1. The number of hydrogen-bond donors (Lipinski definition) is 4. The van der Waals surface area contributed by atoms with E-state index in [0.717, 1.165) is 59.1 Å². The van der Waals surface area contributed by atoms with E-state index in [1.165, 1.54) is 11.1 Å². The minimum Gasteiger partial charge on any atom is -0.494 e. The van der Waals surface area contributed by atoms with Crippen molar-refractivity contribution in [3.63, 3.8) is 0 Å². The first-order chi connectivity index (χ1) is 18.4. The Morgan fingerprint density at radius 1 is 0.684 bits per heavy atom. The molecule has 0 saturated carbocycles. The zero-order valence-electron chi connectivity index (χ0n) is 21.3. The molecule has 194 valence electrons. The lowest BCUT2D eigenvalue weighted by molar-refractivity contribution is 0.370. The summed E-state index contributed by atoms with van der Waals surface area (Å²) in [6, 6.07) is 7.86. The van der Waals surface area contributed by atoms with Crippen LogP contribution in [0.1, 0.15) is 82.7 Å². The summed E-state index contributed by atoms with van der Waals surface area (Å²) in [7, 11) is 0. The second-order valence-electron chi connectivity index (χ2n) is 11.2. The summed E-state index contributed by atoms with van der Waals surface area (Å²) in [6.45, 7) is 8.36. The highest BCUT2D eigenvalue weighted by atomic mass is 16.3. The molecular formula is C32H32N2O4. The van der Waals surface area contributed by atoms with E-state index in [9.17, 15) is 20.4 Å². The van der Waals surface area contributed by atoms with Crippen molar-refractivity contribution in [2.75, 3.05) is 0 Å². The zero-order chi connectivity index (χ0) is 26.3. The fourth-order valence-corrected chi connectivity index (χ4v) is 7.63. The Morgan fingerprint density at radius 3 is 1.53 bits per heavy atom. The van der Waals surface area contributed by atoms with Gasteiger partial charge in [-0.3, -0.25) is 9.13 Å². The number of aromatic hydroxyl groups is 4. The molecule has 7 rings (SSSR count). The van der Waals surface area contributed by atoms with Crippen LogP contribution in [0.2, 0.25) is 0 Å². The molecule has 4 atom stereocenters. The standard InChI is InChI=1S/C32H32N2O4/c1-3-6-19-11-21-13-23(19)27-25(21)29(35)33(31(27)37)15-17-8-5-9-18(10-17)16-34-30(36)26-22-12-20(7-4-2)24(14-22)28(26)32(34)38/h3-5,8-12,21-24,35-38H,1-2,6-7,13-16H2. The van der Waals surface area contributed by atoms with Gasteiger partial charge in [-0.05, 0) is 36.8 Å². The predicted octanol–water partition coefficient (Wildman–Crippen LogP) is 6.38. The Morgan fingerprint density at radius 2 is 1.11 bits per heavy atom. The molecule has 4 N–H and O–H groups in total. The van der Waals surface area contributed by atoms with Crippen LogP contribution in [-0.4, -0.2) is 29.6 Å². The van der Waals surface area contributed by atoms with Crippen LogP contribution in [0.3, 0.4) is 0 Å². The average molecular weight is 509 g/mol. The van der Waals surface area contributed by atoms with Gasteiger partial charge < -0.3 is 20.4 Å². The Labute approximate surface area is 221 Å². The van der Waals surface area contributed by atoms with Gasteiger partial charge in [-0.2, -0.15) is 0 Å². The predicted molar refractivity (Wildman–Crippen MR) is 146 cm³/mol. The highest BCUT2D eigenvalue weighted by molar-refractivity contribution is 5.62. The maximum absolute atomic E-state index is 11.1. The summed E-state index contributed by atoms with van der Waals surface area (Å²) in [4.78, 5) is 0. The van der Waals surface area contributed by atoms with E-state index in [4.69, 9.17) is 0 Å². The maximum atomic E-state index is 11.1. The first-order valence-electron chi connectivity index (χ1n) is 13.4. The molecule has 0 amide bonds. The van der Waals surface area contributed by atoms with Crippen LogP contribution in [0.5, 0.6) is 23.5 Å². The molecule has 4 aliphatic carbocycles. The molecule has 1 aromatic carbocycles. The fraction of sp³-hybridized carbons (Fsp3) is 0.312. The second-order valence-corrected chi connectivity index (χ2v) is 11.2. The average Bonchev–Trinajstić information content (AvgIpc) is 3.73. The lowest BCUT2D eigenvalue weighted by atomic mass is 9.92. The number of fused-ring (bicyclic) bond motifs is 10. The molecule has 0 saturated heterocycles. The molecule has 0 spiro atoms. The number of aromatic nitrogens is 2. The van der Waals surface area contributed by atoms with Crippen molar-refractivity contribution < 1.29 is 20.4 Å². The summed E-state index contributed by atoms with van der Waals surface area (Å²) >= 11 is 0. The molecule has 6 nitrogen and oxygen atoms in total. The van der Waals surface area contributed by atoms with Gasteiger partial charge in [0.2, 0.25) is 0 Å². The minimum atomic E-state index is 0.139. The molecule has 3 aromatic rings. The van der Waals surface area contributed by atoms with Gasteiger partial charge in [0.15, 0.2) is 23.5 Å². The van der Waals surface area contributed by atoms with Crippen molar-refractivity contribution in [1.29, 1.82) is 0 Å². The van der Waals surface area contributed by atoms with Crippen LogP contribution >= 0.6 is 0 Å². The monoisotopic (exact) mass is 508 g/mol. The normalized spacial score (nSPS) is 23.9. The van der Waals surface area contributed by atoms with E-state index in [2.05, 4.69) is 25.3 Å². The van der Waals surface area contributed by atoms with E-state index in [1.807, 2.05) is 36.4 Å². The lowest BCUT2D eigenvalue weighted by Crippen LogP contribution is -2.04. The minimum absolute atomic E-state index is 0.139. The Balaban J connectivity index is 1.16. The summed E-state index contributed by atoms with van der Waals surface area (Å²) in [5.41, 5.74) is 7.80. The quantitative estimate of drug-likeness (QED) is 0.266. The van der Waals surface area contributed by atoms with Crippen molar-refractivity contribution in [3.05, 3.63) is 106 Å². The second kappa shape index (κ2) is 8.22. The third-order valence-electron chi connectivity index (χ3n) is 9.14. The Kier molecular flexibility index (Phi) is 4.99. The SMILES string of the molecule is C=CCC1=CC2CC1c1c2c(O)n(Cc2cccc(Cn3c(O)c4c(c3O)C3CC4C=C3CC=C)c2)c1O. The third kappa shape index (κ3) is 3.06. The van der Waals surface area contributed by atoms with Gasteiger partial charge in [0, 0.05) is 45.9 Å². The van der Waals surface area contributed by atoms with Crippen LogP contribution < -0.4 is 0 Å². The molecule has 6 heteroatoms. The Bertz CT molecular complexity index is 1470. The summed E-state index contributed by atoms with van der Waals surface area (Å²) in [5, 5.41) is 44.4. The van der Waals surface area contributed by atoms with Gasteiger partial charge in [-0.15, -0.1) is 13.2 Å². The summed E-state index contributed by atoms with van der Waals surface area (Å²) in [6.07, 6.45) is 11.6. The number of hydrogen-bond acceptors (Lipinski definition) is 4. The van der Waals surface area contributed by atoms with Crippen LogP contribution in [0, 0.1) is 0 Å². The number of benzene rings is 1. The molecule has 38 heavy (non-hydrogen) atoms. The largest absolute Gasteiger partial charge is 0.494 e. The number of nitrogens with zero attached hydrogens (tertiary/aromatic N) is 2. The summed E-state index contributed by atoms with van der Waals surface area (Å²) < 4.78 is 3.19. The fourth-order valence-electron chi connectivity index (χ4n) is 7.63. The highest BCUT2D eigenvalue weighted by Crippen LogP contribution is 2.61. The van der Waals surface area contributed by atoms with E-state index < -0.39 is 0 Å². The van der Waals surface area contributed by atoms with Crippen molar-refractivity contribution in [2.45, 2.75) is 62.4 Å². The van der Waals surface area contributed by atoms with Gasteiger partial charge in [0.1, 0.15) is 0 Å².